The van der Waals surface area contributed by atoms with E-state index in [1.807, 2.05) is 0 Å². The third-order valence-corrected chi connectivity index (χ3v) is 2.84. The largest absolute Gasteiger partial charge is 0.272 e. The number of rotatable bonds is 4. The Balaban J connectivity index is 3.16. The number of hydrazine groups is 1. The van der Waals surface area contributed by atoms with Crippen LogP contribution in [0.15, 0.2) is 25.3 Å². The summed E-state index contributed by atoms with van der Waals surface area (Å²) in [5, 5.41) is 2.69. The van der Waals surface area contributed by atoms with E-state index in [9.17, 15) is 9.59 Å². The molecule has 0 spiro atoms. The van der Waals surface area contributed by atoms with E-state index in [4.69, 9.17) is 0 Å². The van der Waals surface area contributed by atoms with Gasteiger partial charge in [-0.2, -0.15) is 0 Å². The van der Waals surface area contributed by atoms with Gasteiger partial charge < -0.3 is 0 Å². The summed E-state index contributed by atoms with van der Waals surface area (Å²) in [6.07, 6.45) is 3.91. The first kappa shape index (κ1) is 11.5. The van der Waals surface area contributed by atoms with Gasteiger partial charge in [0.25, 0.3) is 11.8 Å². The zero-order chi connectivity index (χ0) is 11.6. The Kier molecular flexibility index (Phi) is 2.98. The molecule has 0 aromatic carbocycles. The van der Waals surface area contributed by atoms with Crippen LogP contribution in [0.25, 0.3) is 0 Å². The summed E-state index contributed by atoms with van der Waals surface area (Å²) in [7, 11) is 3.18. The standard InChI is InChI=1S/C11H16N2O2/c1-5-7-11(8-6-2)9(14)12(3)13(4)10(11)15/h5-6H,1-2,7-8H2,3-4H3. The monoisotopic (exact) mass is 208 g/mol. The maximum Gasteiger partial charge on any atom is 0.257 e. The molecule has 1 saturated heterocycles. The lowest BCUT2D eigenvalue weighted by atomic mass is 9.80. The van der Waals surface area contributed by atoms with Crippen LogP contribution in [0.1, 0.15) is 12.8 Å². The van der Waals surface area contributed by atoms with Gasteiger partial charge in [-0.1, -0.05) is 12.2 Å². The molecule has 4 heteroatoms. The van der Waals surface area contributed by atoms with Crippen molar-refractivity contribution in [2.75, 3.05) is 14.1 Å². The van der Waals surface area contributed by atoms with Gasteiger partial charge in [-0.3, -0.25) is 19.6 Å². The van der Waals surface area contributed by atoms with Crippen LogP contribution in [0.2, 0.25) is 0 Å². The smallest absolute Gasteiger partial charge is 0.257 e. The lowest BCUT2D eigenvalue weighted by molar-refractivity contribution is -0.141. The van der Waals surface area contributed by atoms with Gasteiger partial charge in [0.1, 0.15) is 5.41 Å². The summed E-state index contributed by atoms with van der Waals surface area (Å²) < 4.78 is 0. The topological polar surface area (TPSA) is 40.6 Å². The Labute approximate surface area is 89.8 Å². The van der Waals surface area contributed by atoms with Gasteiger partial charge in [-0.05, 0) is 12.8 Å². The molecule has 2 amide bonds. The lowest BCUT2D eigenvalue weighted by Gasteiger charge is -2.19. The van der Waals surface area contributed by atoms with Gasteiger partial charge in [0, 0.05) is 14.1 Å². The summed E-state index contributed by atoms with van der Waals surface area (Å²) in [5.41, 5.74) is -1.01. The second kappa shape index (κ2) is 3.88. The van der Waals surface area contributed by atoms with Gasteiger partial charge in [0.2, 0.25) is 0 Å². The molecule has 0 aromatic rings. The molecule has 4 nitrogen and oxygen atoms in total. The fraction of sp³-hybridized carbons (Fsp3) is 0.455. The Hall–Kier alpha value is -1.58. The molecule has 0 atom stereocenters. The minimum absolute atomic E-state index is 0.185. The van der Waals surface area contributed by atoms with Crippen molar-refractivity contribution in [1.29, 1.82) is 0 Å². The van der Waals surface area contributed by atoms with E-state index in [2.05, 4.69) is 13.2 Å². The average molecular weight is 208 g/mol. The number of hydrogen-bond acceptors (Lipinski definition) is 2. The van der Waals surface area contributed by atoms with Crippen LogP contribution < -0.4 is 0 Å². The maximum absolute atomic E-state index is 12.0. The number of amides is 2. The van der Waals surface area contributed by atoms with Crippen LogP contribution in [0.3, 0.4) is 0 Å². The van der Waals surface area contributed by atoms with Crippen molar-refractivity contribution in [1.82, 2.24) is 10.0 Å². The van der Waals surface area contributed by atoms with Crippen LogP contribution in [0.5, 0.6) is 0 Å². The lowest BCUT2D eigenvalue weighted by Crippen LogP contribution is -2.35. The van der Waals surface area contributed by atoms with Crippen molar-refractivity contribution in [3.63, 3.8) is 0 Å². The molecule has 82 valence electrons. The normalized spacial score (nSPS) is 19.6. The first-order chi connectivity index (χ1) is 7.01. The van der Waals surface area contributed by atoms with E-state index < -0.39 is 5.41 Å². The van der Waals surface area contributed by atoms with Crippen molar-refractivity contribution in [3.8, 4) is 0 Å². The Morgan fingerprint density at radius 1 is 1.07 bits per heavy atom. The molecule has 1 aliphatic heterocycles. The van der Waals surface area contributed by atoms with Gasteiger partial charge in [0.15, 0.2) is 0 Å². The van der Waals surface area contributed by atoms with Crippen molar-refractivity contribution in [2.24, 2.45) is 5.41 Å². The minimum atomic E-state index is -1.01. The second-order valence-corrected chi connectivity index (χ2v) is 3.73. The quantitative estimate of drug-likeness (QED) is 0.510. The zero-order valence-corrected chi connectivity index (χ0v) is 9.19. The molecule has 0 saturated carbocycles. The number of carbonyl (C=O) groups excluding carboxylic acids is 2. The van der Waals surface area contributed by atoms with Crippen LogP contribution in [0, 0.1) is 5.41 Å². The molecule has 0 radical (unpaired) electrons. The maximum atomic E-state index is 12.0. The Morgan fingerprint density at radius 3 is 1.67 bits per heavy atom. The molecule has 1 aliphatic rings. The number of allylic oxidation sites excluding steroid dienone is 2. The summed E-state index contributed by atoms with van der Waals surface area (Å²) >= 11 is 0. The van der Waals surface area contributed by atoms with Crippen LogP contribution in [-0.2, 0) is 9.59 Å². The van der Waals surface area contributed by atoms with Crippen molar-refractivity contribution >= 4 is 11.8 Å². The first-order valence-corrected chi connectivity index (χ1v) is 4.79. The molecule has 1 fully saturated rings. The molecule has 0 N–H and O–H groups in total. The first-order valence-electron chi connectivity index (χ1n) is 4.79. The van der Waals surface area contributed by atoms with E-state index in [-0.39, 0.29) is 11.8 Å². The van der Waals surface area contributed by atoms with Gasteiger partial charge in [-0.15, -0.1) is 13.2 Å². The summed E-state index contributed by atoms with van der Waals surface area (Å²) in [6, 6.07) is 0. The Bertz CT molecular complexity index is 291. The molecule has 0 aromatic heterocycles. The average Bonchev–Trinajstić information content (AvgIpc) is 2.36. The Morgan fingerprint density at radius 2 is 1.40 bits per heavy atom. The van der Waals surface area contributed by atoms with Gasteiger partial charge >= 0.3 is 0 Å². The predicted octanol–water partition coefficient (Wildman–Crippen LogP) is 0.970. The summed E-state index contributed by atoms with van der Waals surface area (Å²) in [4.78, 5) is 24.0. The van der Waals surface area contributed by atoms with E-state index in [0.29, 0.717) is 12.8 Å². The molecule has 0 aliphatic carbocycles. The van der Waals surface area contributed by atoms with E-state index in [1.165, 1.54) is 10.0 Å². The molecular formula is C11H16N2O2. The second-order valence-electron chi connectivity index (χ2n) is 3.73. The summed E-state index contributed by atoms with van der Waals surface area (Å²) in [6.45, 7) is 7.19. The van der Waals surface area contributed by atoms with Crippen LogP contribution in [-0.4, -0.2) is 35.9 Å². The predicted molar refractivity (Wildman–Crippen MR) is 57.6 cm³/mol. The zero-order valence-electron chi connectivity index (χ0n) is 9.19. The molecule has 1 heterocycles. The molecule has 15 heavy (non-hydrogen) atoms. The van der Waals surface area contributed by atoms with Gasteiger partial charge in [-0.25, -0.2) is 0 Å². The molecule has 0 unspecified atom stereocenters. The fourth-order valence-electron chi connectivity index (χ4n) is 1.91. The highest BCUT2D eigenvalue weighted by molar-refractivity contribution is 6.09. The fourth-order valence-corrected chi connectivity index (χ4v) is 1.91. The highest BCUT2D eigenvalue weighted by Gasteiger charge is 2.54. The van der Waals surface area contributed by atoms with Crippen molar-refractivity contribution in [3.05, 3.63) is 25.3 Å². The highest BCUT2D eigenvalue weighted by Crippen LogP contribution is 2.37. The number of nitrogens with zero attached hydrogens (tertiary/aromatic N) is 2. The molecule has 1 rings (SSSR count). The van der Waals surface area contributed by atoms with Crippen molar-refractivity contribution in [2.45, 2.75) is 12.8 Å². The molecular weight excluding hydrogens is 192 g/mol. The minimum Gasteiger partial charge on any atom is -0.272 e. The van der Waals surface area contributed by atoms with Gasteiger partial charge in [0.05, 0.1) is 0 Å². The van der Waals surface area contributed by atoms with Crippen LogP contribution >= 0.6 is 0 Å². The molecule has 0 bridgehead atoms. The van der Waals surface area contributed by atoms with E-state index in [1.54, 1.807) is 26.2 Å². The summed E-state index contributed by atoms with van der Waals surface area (Å²) in [5.74, 6) is -0.371. The van der Waals surface area contributed by atoms with Crippen molar-refractivity contribution < 1.29 is 9.59 Å². The SMILES string of the molecule is C=CCC1(CC=C)C(=O)N(C)N(C)C1=O. The third kappa shape index (κ3) is 1.46. The van der Waals surface area contributed by atoms with E-state index >= 15 is 0 Å². The third-order valence-electron chi connectivity index (χ3n) is 2.84. The number of carbonyl (C=O) groups is 2. The highest BCUT2D eigenvalue weighted by atomic mass is 16.2. The van der Waals surface area contributed by atoms with E-state index in [0.717, 1.165) is 0 Å². The number of hydrogen-bond donors (Lipinski definition) is 0. The van der Waals surface area contributed by atoms with Crippen LogP contribution in [0.4, 0.5) is 0 Å².